The first-order valence-corrected chi connectivity index (χ1v) is 10.2. The van der Waals surface area contributed by atoms with Gasteiger partial charge in [0.15, 0.2) is 29.3 Å². The molecule has 0 radical (unpaired) electrons. The highest BCUT2D eigenvalue weighted by molar-refractivity contribution is 5.66. The van der Waals surface area contributed by atoms with Crippen molar-refractivity contribution in [3.63, 3.8) is 0 Å². The van der Waals surface area contributed by atoms with Crippen LogP contribution in [0, 0.1) is 17.5 Å². The molecule has 0 amide bonds. The van der Waals surface area contributed by atoms with Crippen molar-refractivity contribution in [2.75, 3.05) is 6.61 Å². The number of nitrogens with zero attached hydrogens (tertiary/aromatic N) is 3. The third-order valence-corrected chi connectivity index (χ3v) is 5.50. The fourth-order valence-corrected chi connectivity index (χ4v) is 4.11. The van der Waals surface area contributed by atoms with Crippen molar-refractivity contribution >= 4 is 12.3 Å². The molecule has 0 N–H and O–H groups in total. The minimum absolute atomic E-state index is 0.0389. The van der Waals surface area contributed by atoms with Crippen LogP contribution in [-0.2, 0) is 28.5 Å². The van der Waals surface area contributed by atoms with Crippen LogP contribution in [0.1, 0.15) is 33.2 Å². The smallest absolute Gasteiger partial charge is 0.303 e. The van der Waals surface area contributed by atoms with Crippen molar-refractivity contribution in [3.8, 4) is 11.3 Å². The Morgan fingerprint density at radius 2 is 2.00 bits per heavy atom. The largest absolute Gasteiger partial charge is 0.457 e. The van der Waals surface area contributed by atoms with Gasteiger partial charge >= 0.3 is 5.97 Å². The van der Waals surface area contributed by atoms with Crippen LogP contribution in [0.4, 0.5) is 13.2 Å². The van der Waals surface area contributed by atoms with E-state index in [9.17, 15) is 22.8 Å². The Bertz CT molecular complexity index is 1040. The fourth-order valence-electron chi connectivity index (χ4n) is 4.11. The summed E-state index contributed by atoms with van der Waals surface area (Å²) in [6, 6.07) is 0.788. The molecule has 2 fully saturated rings. The van der Waals surface area contributed by atoms with Gasteiger partial charge in [0, 0.05) is 18.9 Å². The SMILES string of the molecule is CC(=O)OC1C(CC=O)OC2COC(C)(C)OC2C1n1cc(-c2cc(F)c(F)c(F)c2)nn1. The molecule has 3 heterocycles. The van der Waals surface area contributed by atoms with Crippen molar-refractivity contribution in [3.05, 3.63) is 35.8 Å². The Labute approximate surface area is 186 Å². The van der Waals surface area contributed by atoms with Crippen molar-refractivity contribution in [2.45, 2.75) is 63.4 Å². The van der Waals surface area contributed by atoms with Gasteiger partial charge in [0.1, 0.15) is 36.3 Å². The molecule has 4 rings (SSSR count). The zero-order valence-corrected chi connectivity index (χ0v) is 18.0. The number of benzene rings is 1. The van der Waals surface area contributed by atoms with Crippen LogP contribution in [0.3, 0.4) is 0 Å². The molecule has 2 aliphatic rings. The van der Waals surface area contributed by atoms with Crippen LogP contribution >= 0.6 is 0 Å². The average molecular weight is 469 g/mol. The number of rotatable bonds is 5. The number of ether oxygens (including phenoxy) is 4. The molecule has 178 valence electrons. The second-order valence-electron chi connectivity index (χ2n) is 8.31. The number of hydrogen-bond donors (Lipinski definition) is 0. The van der Waals surface area contributed by atoms with Crippen LogP contribution in [0.2, 0.25) is 0 Å². The second kappa shape index (κ2) is 8.84. The molecule has 0 spiro atoms. The van der Waals surface area contributed by atoms with Crippen molar-refractivity contribution in [1.82, 2.24) is 15.0 Å². The lowest BCUT2D eigenvalue weighted by Gasteiger charge is -2.50. The highest BCUT2D eigenvalue weighted by atomic mass is 19.2. The van der Waals surface area contributed by atoms with E-state index < -0.39 is 59.7 Å². The molecule has 12 heteroatoms. The summed E-state index contributed by atoms with van der Waals surface area (Å²) in [5.74, 6) is -5.94. The van der Waals surface area contributed by atoms with Gasteiger partial charge in [-0.3, -0.25) is 4.79 Å². The predicted octanol–water partition coefficient (Wildman–Crippen LogP) is 2.34. The average Bonchev–Trinajstić information content (AvgIpc) is 3.21. The van der Waals surface area contributed by atoms with E-state index in [2.05, 4.69) is 10.3 Å². The lowest BCUT2D eigenvalue weighted by atomic mass is 9.90. The van der Waals surface area contributed by atoms with Crippen LogP contribution in [-0.4, -0.2) is 64.1 Å². The first kappa shape index (κ1) is 23.3. The molecular weight excluding hydrogens is 447 g/mol. The van der Waals surface area contributed by atoms with Crippen LogP contribution < -0.4 is 0 Å². The summed E-state index contributed by atoms with van der Waals surface area (Å²) in [4.78, 5) is 23.1. The van der Waals surface area contributed by atoms with Gasteiger partial charge in [-0.05, 0) is 26.0 Å². The summed E-state index contributed by atoms with van der Waals surface area (Å²) < 4.78 is 65.3. The fraction of sp³-hybridized carbons (Fsp3) is 0.524. The molecule has 2 saturated heterocycles. The second-order valence-corrected chi connectivity index (χ2v) is 8.31. The van der Waals surface area contributed by atoms with Gasteiger partial charge in [-0.1, -0.05) is 5.21 Å². The Kier molecular flexibility index (Phi) is 6.25. The van der Waals surface area contributed by atoms with Crippen LogP contribution in [0.5, 0.6) is 0 Å². The van der Waals surface area contributed by atoms with Crippen LogP contribution in [0.25, 0.3) is 11.3 Å². The maximum Gasteiger partial charge on any atom is 0.303 e. The third-order valence-electron chi connectivity index (χ3n) is 5.50. The minimum atomic E-state index is -1.59. The number of aldehydes is 1. The molecule has 33 heavy (non-hydrogen) atoms. The quantitative estimate of drug-likeness (QED) is 0.374. The van der Waals surface area contributed by atoms with E-state index in [1.165, 1.54) is 17.8 Å². The minimum Gasteiger partial charge on any atom is -0.457 e. The molecule has 5 unspecified atom stereocenters. The van der Waals surface area contributed by atoms with Gasteiger partial charge in [-0.15, -0.1) is 5.10 Å². The number of carbonyl (C=O) groups excluding carboxylic acids is 2. The highest BCUT2D eigenvalue weighted by Crippen LogP contribution is 2.40. The zero-order chi connectivity index (χ0) is 23.9. The zero-order valence-electron chi connectivity index (χ0n) is 18.0. The monoisotopic (exact) mass is 469 g/mol. The maximum absolute atomic E-state index is 13.7. The van der Waals surface area contributed by atoms with Crippen molar-refractivity contribution < 1.29 is 41.7 Å². The lowest BCUT2D eigenvalue weighted by molar-refractivity contribution is -0.348. The Balaban J connectivity index is 1.76. The van der Waals surface area contributed by atoms with E-state index >= 15 is 0 Å². The molecule has 0 saturated carbocycles. The molecule has 1 aromatic heterocycles. The van der Waals surface area contributed by atoms with Gasteiger partial charge in [-0.25, -0.2) is 17.9 Å². The topological polar surface area (TPSA) is 102 Å². The van der Waals surface area contributed by atoms with Crippen LogP contribution in [0.15, 0.2) is 18.3 Å². The third kappa shape index (κ3) is 4.63. The first-order valence-electron chi connectivity index (χ1n) is 10.2. The number of carbonyl (C=O) groups is 2. The molecule has 1 aromatic carbocycles. The van der Waals surface area contributed by atoms with E-state index in [4.69, 9.17) is 18.9 Å². The Hall–Kier alpha value is -2.83. The number of aromatic nitrogens is 3. The van der Waals surface area contributed by atoms with E-state index in [1.807, 2.05) is 0 Å². The summed E-state index contributed by atoms with van der Waals surface area (Å²) in [7, 11) is 0. The summed E-state index contributed by atoms with van der Waals surface area (Å²) in [6.07, 6.45) is -1.20. The first-order chi connectivity index (χ1) is 15.6. The summed E-state index contributed by atoms with van der Waals surface area (Å²) in [5.41, 5.74) is 0.0126. The summed E-state index contributed by atoms with van der Waals surface area (Å²) in [6.45, 7) is 4.77. The van der Waals surface area contributed by atoms with Gasteiger partial charge < -0.3 is 23.7 Å². The number of esters is 1. The van der Waals surface area contributed by atoms with Crippen molar-refractivity contribution in [1.29, 1.82) is 0 Å². The van der Waals surface area contributed by atoms with Gasteiger partial charge in [0.2, 0.25) is 0 Å². The normalized spacial score (nSPS) is 28.7. The predicted molar refractivity (Wildman–Crippen MR) is 104 cm³/mol. The van der Waals surface area contributed by atoms with Gasteiger partial charge in [0.05, 0.1) is 12.8 Å². The number of halogens is 3. The molecule has 2 aromatic rings. The molecule has 0 bridgehead atoms. The standard InChI is InChI=1S/C21H22F3N3O6/c1-10(29)31-19-15(4-5-28)32-16-9-30-21(2,3)33-20(16)18(19)27-8-14(25-26-27)11-6-12(22)17(24)13(23)7-11/h5-8,15-16,18-20H,4,9H2,1-3H3. The molecule has 0 aliphatic carbocycles. The van der Waals surface area contributed by atoms with E-state index in [0.717, 1.165) is 12.1 Å². The highest BCUT2D eigenvalue weighted by Gasteiger charge is 2.53. The van der Waals surface area contributed by atoms with E-state index in [0.29, 0.717) is 6.29 Å². The molecule has 9 nitrogen and oxygen atoms in total. The summed E-state index contributed by atoms with van der Waals surface area (Å²) >= 11 is 0. The van der Waals surface area contributed by atoms with E-state index in [-0.39, 0.29) is 24.3 Å². The van der Waals surface area contributed by atoms with Crippen molar-refractivity contribution in [2.24, 2.45) is 0 Å². The lowest BCUT2D eigenvalue weighted by Crippen LogP contribution is -2.62. The van der Waals surface area contributed by atoms with Gasteiger partial charge in [-0.2, -0.15) is 0 Å². The molecular formula is C21H22F3N3O6. The molecule has 2 aliphatic heterocycles. The van der Waals surface area contributed by atoms with E-state index in [1.54, 1.807) is 13.8 Å². The van der Waals surface area contributed by atoms with Gasteiger partial charge in [0.25, 0.3) is 0 Å². The number of hydrogen-bond acceptors (Lipinski definition) is 8. The Morgan fingerprint density at radius 1 is 1.30 bits per heavy atom. The maximum atomic E-state index is 13.7. The Morgan fingerprint density at radius 3 is 2.64 bits per heavy atom. The summed E-state index contributed by atoms with van der Waals surface area (Å²) in [5, 5.41) is 8.01. The molecule has 5 atom stereocenters. The number of fused-ring (bicyclic) bond motifs is 1.